The lowest BCUT2D eigenvalue weighted by Crippen LogP contribution is -2.62. The molecule has 2 aromatic rings. The van der Waals surface area contributed by atoms with Gasteiger partial charge in [-0.3, -0.25) is 4.79 Å². The standard InChI is InChI=1S/C36H56O8Si/c1-22(2)45(23(3)4,24(5)6)44-31-18-36(42-20-31)27(9)25(7)32(41-21-39-10)34(43-36)33(26(8)35(37)38)40-19-28-15-16-29-13-11-12-14-30(29)17-28/h11-17,22-27,31-34H,18-21H2,1-10H3,(H,37,38)/t25-,26-,27-,31-,32+,33-,34+,36+/m0/s1. The van der Waals surface area contributed by atoms with Crippen molar-refractivity contribution in [1.82, 2.24) is 0 Å². The SMILES string of the molecule is COCO[C@@H]1[C@@H](C)[C@H](C)[C@@]2(C[C@H](O[Si](C(C)C)(C(C)C)C(C)C)CO2)O[C@H]1[C@@H](OCc1ccc2ccccc2c1)[C@H](C)C(=O)O. The third-order valence-electron chi connectivity index (χ3n) is 10.6. The minimum absolute atomic E-state index is 0.0345. The quantitative estimate of drug-likeness (QED) is 0.165. The monoisotopic (exact) mass is 644 g/mol. The van der Waals surface area contributed by atoms with Gasteiger partial charge in [0.25, 0.3) is 0 Å². The van der Waals surface area contributed by atoms with Crippen molar-refractivity contribution in [3.63, 3.8) is 0 Å². The van der Waals surface area contributed by atoms with Crippen molar-refractivity contribution in [2.45, 2.75) is 122 Å². The number of aliphatic carboxylic acids is 1. The maximum Gasteiger partial charge on any atom is 0.308 e. The number of carbonyl (C=O) groups is 1. The number of hydrogen-bond acceptors (Lipinski definition) is 7. The van der Waals surface area contributed by atoms with Crippen LogP contribution >= 0.6 is 0 Å². The van der Waals surface area contributed by atoms with Crippen LogP contribution < -0.4 is 0 Å². The summed E-state index contributed by atoms with van der Waals surface area (Å²) in [7, 11) is -0.582. The lowest BCUT2D eigenvalue weighted by Gasteiger charge is -2.52. The van der Waals surface area contributed by atoms with E-state index in [2.05, 4.69) is 79.7 Å². The van der Waals surface area contributed by atoms with Crippen molar-refractivity contribution >= 4 is 25.1 Å². The predicted molar refractivity (Wildman–Crippen MR) is 178 cm³/mol. The summed E-state index contributed by atoms with van der Waals surface area (Å²) >= 11 is 0. The number of rotatable bonds is 14. The molecule has 9 heteroatoms. The molecule has 8 atom stereocenters. The Morgan fingerprint density at radius 2 is 1.64 bits per heavy atom. The number of fused-ring (bicyclic) bond motifs is 1. The summed E-state index contributed by atoms with van der Waals surface area (Å²) < 4.78 is 38.9. The number of ether oxygens (including phenoxy) is 5. The number of carboxylic acids is 1. The number of carboxylic acid groups (broad SMARTS) is 1. The van der Waals surface area contributed by atoms with Crippen LogP contribution in [0.2, 0.25) is 16.6 Å². The molecule has 45 heavy (non-hydrogen) atoms. The Morgan fingerprint density at radius 3 is 2.24 bits per heavy atom. The molecule has 1 spiro atoms. The molecule has 0 aromatic heterocycles. The highest BCUT2D eigenvalue weighted by Crippen LogP contribution is 2.50. The van der Waals surface area contributed by atoms with Crippen LogP contribution in [0.3, 0.4) is 0 Å². The average molecular weight is 645 g/mol. The largest absolute Gasteiger partial charge is 0.481 e. The Bertz CT molecular complexity index is 1240. The fourth-order valence-corrected chi connectivity index (χ4v) is 13.6. The minimum atomic E-state index is -2.16. The Balaban J connectivity index is 1.65. The Hall–Kier alpha value is -1.85. The van der Waals surface area contributed by atoms with E-state index in [1.807, 2.05) is 18.2 Å². The van der Waals surface area contributed by atoms with Crippen LogP contribution in [0.4, 0.5) is 0 Å². The molecule has 0 aliphatic carbocycles. The molecule has 0 unspecified atom stereocenters. The molecule has 2 heterocycles. The minimum Gasteiger partial charge on any atom is -0.481 e. The van der Waals surface area contributed by atoms with E-state index in [0.717, 1.165) is 16.3 Å². The first-order valence-corrected chi connectivity index (χ1v) is 18.8. The normalized spacial score (nSPS) is 28.9. The summed E-state index contributed by atoms with van der Waals surface area (Å²) in [6, 6.07) is 14.3. The van der Waals surface area contributed by atoms with Gasteiger partial charge in [-0.25, -0.2) is 0 Å². The fraction of sp³-hybridized carbons (Fsp3) is 0.694. The van der Waals surface area contributed by atoms with Crippen molar-refractivity contribution in [2.75, 3.05) is 20.5 Å². The van der Waals surface area contributed by atoms with E-state index >= 15 is 0 Å². The second kappa shape index (κ2) is 14.9. The van der Waals surface area contributed by atoms with E-state index in [1.54, 1.807) is 14.0 Å². The maximum atomic E-state index is 12.5. The Kier molecular flexibility index (Phi) is 11.9. The van der Waals surface area contributed by atoms with E-state index in [9.17, 15) is 9.90 Å². The van der Waals surface area contributed by atoms with Gasteiger partial charge in [-0.2, -0.15) is 0 Å². The van der Waals surface area contributed by atoms with Gasteiger partial charge in [0, 0.05) is 19.4 Å². The molecule has 0 radical (unpaired) electrons. The van der Waals surface area contributed by atoms with Gasteiger partial charge in [0.1, 0.15) is 12.9 Å². The van der Waals surface area contributed by atoms with Gasteiger partial charge in [0.15, 0.2) is 5.79 Å². The summed E-state index contributed by atoms with van der Waals surface area (Å²) in [4.78, 5) is 12.5. The van der Waals surface area contributed by atoms with Crippen molar-refractivity contribution in [3.8, 4) is 0 Å². The average Bonchev–Trinajstić information content (AvgIpc) is 3.40. The summed E-state index contributed by atoms with van der Waals surface area (Å²) in [5.41, 5.74) is 2.30. The summed E-state index contributed by atoms with van der Waals surface area (Å²) in [5, 5.41) is 12.5. The zero-order valence-corrected chi connectivity index (χ0v) is 29.9. The lowest BCUT2D eigenvalue weighted by atomic mass is 9.75. The van der Waals surface area contributed by atoms with Crippen LogP contribution in [0, 0.1) is 17.8 Å². The second-order valence-electron chi connectivity index (χ2n) is 14.2. The maximum absolute atomic E-state index is 12.5. The lowest BCUT2D eigenvalue weighted by molar-refractivity contribution is -0.347. The van der Waals surface area contributed by atoms with Crippen molar-refractivity contribution < 1.29 is 38.0 Å². The Morgan fingerprint density at radius 1 is 1.00 bits per heavy atom. The summed E-state index contributed by atoms with van der Waals surface area (Å²) in [6.45, 7) is 20.4. The van der Waals surface area contributed by atoms with Crippen LogP contribution in [-0.2, 0) is 39.5 Å². The van der Waals surface area contributed by atoms with Crippen molar-refractivity contribution in [2.24, 2.45) is 17.8 Å². The van der Waals surface area contributed by atoms with Crippen LogP contribution in [0.1, 0.15) is 74.3 Å². The molecule has 4 rings (SSSR count). The molecule has 2 fully saturated rings. The second-order valence-corrected chi connectivity index (χ2v) is 19.6. The van der Waals surface area contributed by atoms with Crippen molar-refractivity contribution in [3.05, 3.63) is 48.0 Å². The molecule has 0 bridgehead atoms. The molecule has 2 aliphatic heterocycles. The molecule has 8 nitrogen and oxygen atoms in total. The van der Waals surface area contributed by atoms with Crippen LogP contribution in [0.25, 0.3) is 10.8 Å². The van der Waals surface area contributed by atoms with Gasteiger partial charge in [0.05, 0.1) is 37.4 Å². The van der Waals surface area contributed by atoms with Gasteiger partial charge in [-0.15, -0.1) is 0 Å². The highest BCUT2D eigenvalue weighted by molar-refractivity contribution is 6.77. The predicted octanol–water partition coefficient (Wildman–Crippen LogP) is 7.78. The van der Waals surface area contributed by atoms with E-state index in [-0.39, 0.29) is 31.3 Å². The zero-order chi connectivity index (χ0) is 33.1. The third-order valence-corrected chi connectivity index (χ3v) is 16.8. The molecule has 1 N–H and O–H groups in total. The molecular weight excluding hydrogens is 588 g/mol. The first-order chi connectivity index (χ1) is 21.3. The number of methoxy groups -OCH3 is 1. The summed E-state index contributed by atoms with van der Waals surface area (Å²) in [5.74, 6) is -2.84. The number of benzene rings is 2. The van der Waals surface area contributed by atoms with Gasteiger partial charge in [0.2, 0.25) is 8.32 Å². The fourth-order valence-electron chi connectivity index (χ4n) is 8.06. The first kappa shape index (κ1) is 36.0. The first-order valence-electron chi connectivity index (χ1n) is 16.7. The summed E-state index contributed by atoms with van der Waals surface area (Å²) in [6.07, 6.45) is -1.51. The topological polar surface area (TPSA) is 92.7 Å². The van der Waals surface area contributed by atoms with Crippen LogP contribution in [0.15, 0.2) is 42.5 Å². The highest BCUT2D eigenvalue weighted by atomic mass is 28.4. The molecule has 252 valence electrons. The number of hydrogen-bond donors (Lipinski definition) is 1. The molecule has 2 aliphatic rings. The van der Waals surface area contributed by atoms with Gasteiger partial charge < -0.3 is 33.2 Å². The molecule has 0 saturated carbocycles. The molecular formula is C36H56O8Si. The van der Waals surface area contributed by atoms with E-state index in [0.29, 0.717) is 29.7 Å². The van der Waals surface area contributed by atoms with E-state index in [4.69, 9.17) is 28.1 Å². The smallest absolute Gasteiger partial charge is 0.308 e. The van der Waals surface area contributed by atoms with Gasteiger partial charge in [-0.1, -0.05) is 91.8 Å². The van der Waals surface area contributed by atoms with Crippen molar-refractivity contribution in [1.29, 1.82) is 0 Å². The molecule has 2 saturated heterocycles. The molecule has 0 amide bonds. The zero-order valence-electron chi connectivity index (χ0n) is 28.9. The Labute approximate surface area is 271 Å². The van der Waals surface area contributed by atoms with E-state index in [1.165, 1.54) is 0 Å². The van der Waals surface area contributed by atoms with E-state index < -0.39 is 44.3 Å². The van der Waals surface area contributed by atoms with Gasteiger partial charge in [-0.05, 0) is 51.9 Å². The third kappa shape index (κ3) is 7.35. The highest BCUT2D eigenvalue weighted by Gasteiger charge is 2.60. The van der Waals surface area contributed by atoms with Gasteiger partial charge >= 0.3 is 5.97 Å². The van der Waals surface area contributed by atoms with Crippen LogP contribution in [0.5, 0.6) is 0 Å². The molecule has 2 aromatic carbocycles. The van der Waals surface area contributed by atoms with Crippen LogP contribution in [-0.4, -0.2) is 70.1 Å².